The monoisotopic (exact) mass is 329 g/mol. The van der Waals surface area contributed by atoms with Crippen molar-refractivity contribution in [2.75, 3.05) is 31.1 Å². The van der Waals surface area contributed by atoms with E-state index in [-0.39, 0.29) is 16.5 Å². The topological polar surface area (TPSA) is 66.7 Å². The quantitative estimate of drug-likeness (QED) is 0.632. The summed E-state index contributed by atoms with van der Waals surface area (Å²) in [7, 11) is 0. The molecular weight excluding hydrogens is 306 g/mol. The molecule has 0 unspecified atom stereocenters. The average Bonchev–Trinajstić information content (AvgIpc) is 3.24. The third kappa shape index (κ3) is 2.64. The summed E-state index contributed by atoms with van der Waals surface area (Å²) in [5.74, 6) is 1.94. The minimum absolute atomic E-state index is 0.144. The first-order valence-electron chi connectivity index (χ1n) is 8.90. The molecule has 3 aliphatic rings. The van der Waals surface area contributed by atoms with Crippen molar-refractivity contribution in [2.45, 2.75) is 25.7 Å². The number of benzene rings is 1. The summed E-state index contributed by atoms with van der Waals surface area (Å²) in [5.41, 5.74) is 0.805. The van der Waals surface area contributed by atoms with Gasteiger partial charge in [0, 0.05) is 38.2 Å². The van der Waals surface area contributed by atoms with Gasteiger partial charge in [-0.15, -0.1) is 0 Å². The number of carbonyl (C=O) groups excluding carboxylic acids is 1. The van der Waals surface area contributed by atoms with E-state index in [1.54, 1.807) is 18.2 Å². The highest BCUT2D eigenvalue weighted by atomic mass is 16.6. The van der Waals surface area contributed by atoms with Gasteiger partial charge >= 0.3 is 0 Å². The van der Waals surface area contributed by atoms with Gasteiger partial charge in [0.05, 0.1) is 4.92 Å². The predicted molar refractivity (Wildman–Crippen MR) is 90.8 cm³/mol. The molecule has 0 spiro atoms. The Balaban J connectivity index is 1.40. The van der Waals surface area contributed by atoms with Gasteiger partial charge in [-0.25, -0.2) is 0 Å². The van der Waals surface area contributed by atoms with Crippen LogP contribution in [0.4, 0.5) is 11.4 Å². The van der Waals surface area contributed by atoms with Gasteiger partial charge in [0.2, 0.25) is 5.91 Å². The molecule has 2 aliphatic carbocycles. The molecule has 6 heteroatoms. The number of piperazine rings is 1. The molecule has 1 aromatic carbocycles. The summed E-state index contributed by atoms with van der Waals surface area (Å²) in [6, 6.07) is 6.86. The minimum atomic E-state index is -0.331. The number of carbonyl (C=O) groups is 1. The second kappa shape index (κ2) is 6.07. The van der Waals surface area contributed by atoms with Gasteiger partial charge in [-0.05, 0) is 37.2 Å². The molecule has 24 heavy (non-hydrogen) atoms. The van der Waals surface area contributed by atoms with Crippen molar-refractivity contribution in [2.24, 2.45) is 17.8 Å². The molecule has 1 heterocycles. The number of nitro groups is 1. The van der Waals surface area contributed by atoms with Crippen LogP contribution in [0.15, 0.2) is 24.3 Å². The van der Waals surface area contributed by atoms with Gasteiger partial charge in [0.1, 0.15) is 5.69 Å². The molecular formula is C18H23N3O3. The van der Waals surface area contributed by atoms with Crippen LogP contribution in [0.3, 0.4) is 0 Å². The molecule has 128 valence electrons. The lowest BCUT2D eigenvalue weighted by Crippen LogP contribution is -2.51. The molecule has 4 rings (SSSR count). The zero-order valence-corrected chi connectivity index (χ0v) is 13.8. The van der Waals surface area contributed by atoms with Crippen molar-refractivity contribution in [1.29, 1.82) is 0 Å². The van der Waals surface area contributed by atoms with E-state index in [1.807, 2.05) is 15.9 Å². The number of rotatable bonds is 3. The number of nitrogens with zero attached hydrogens (tertiary/aromatic N) is 3. The summed E-state index contributed by atoms with van der Waals surface area (Å²) in [4.78, 5) is 27.7. The van der Waals surface area contributed by atoms with E-state index < -0.39 is 0 Å². The fourth-order valence-electron chi connectivity index (χ4n) is 4.84. The van der Waals surface area contributed by atoms with Crippen LogP contribution in [-0.4, -0.2) is 41.9 Å². The van der Waals surface area contributed by atoms with E-state index >= 15 is 0 Å². The van der Waals surface area contributed by atoms with Crippen LogP contribution in [0, 0.1) is 27.9 Å². The molecule has 0 aromatic heterocycles. The standard InChI is InChI=1S/C18H23N3O3/c22-18(15-12-13-5-6-14(15)11-13)20-9-7-19(8-10-20)16-3-1-2-4-17(16)21(23)24/h1-4,13-15H,5-12H2/t13-,14-,15-/m0/s1. The number of hydrogen-bond acceptors (Lipinski definition) is 4. The van der Waals surface area contributed by atoms with Crippen LogP contribution >= 0.6 is 0 Å². The second-order valence-electron chi connectivity index (χ2n) is 7.34. The summed E-state index contributed by atoms with van der Waals surface area (Å²) in [6.07, 6.45) is 4.84. The average molecular weight is 329 g/mol. The molecule has 1 saturated heterocycles. The maximum atomic E-state index is 12.8. The Morgan fingerprint density at radius 2 is 1.83 bits per heavy atom. The van der Waals surface area contributed by atoms with E-state index in [0.717, 1.165) is 12.3 Å². The van der Waals surface area contributed by atoms with E-state index in [2.05, 4.69) is 0 Å². The van der Waals surface area contributed by atoms with E-state index in [0.29, 0.717) is 43.7 Å². The van der Waals surface area contributed by atoms with Crippen LogP contribution in [0.1, 0.15) is 25.7 Å². The summed E-state index contributed by atoms with van der Waals surface area (Å²) in [5, 5.41) is 11.2. The first-order chi connectivity index (χ1) is 11.6. The number of nitro benzene ring substituents is 1. The molecule has 1 aromatic rings. The highest BCUT2D eigenvalue weighted by Gasteiger charge is 2.44. The first kappa shape index (κ1) is 15.4. The predicted octanol–water partition coefficient (Wildman–Crippen LogP) is 2.68. The summed E-state index contributed by atoms with van der Waals surface area (Å²) < 4.78 is 0. The van der Waals surface area contributed by atoms with Crippen molar-refractivity contribution in [1.82, 2.24) is 4.90 Å². The smallest absolute Gasteiger partial charge is 0.292 e. The van der Waals surface area contributed by atoms with Crippen molar-refractivity contribution < 1.29 is 9.72 Å². The molecule has 2 saturated carbocycles. The van der Waals surface area contributed by atoms with Gasteiger partial charge in [0.15, 0.2) is 0 Å². The Kier molecular flexibility index (Phi) is 3.90. The normalized spacial score (nSPS) is 29.1. The number of anilines is 1. The van der Waals surface area contributed by atoms with Crippen molar-refractivity contribution in [3.8, 4) is 0 Å². The fraction of sp³-hybridized carbons (Fsp3) is 0.611. The minimum Gasteiger partial charge on any atom is -0.362 e. The van der Waals surface area contributed by atoms with Crippen LogP contribution in [0.2, 0.25) is 0 Å². The summed E-state index contributed by atoms with van der Waals surface area (Å²) in [6.45, 7) is 2.66. The largest absolute Gasteiger partial charge is 0.362 e. The van der Waals surface area contributed by atoms with E-state index in [1.165, 1.54) is 19.3 Å². The number of fused-ring (bicyclic) bond motifs is 2. The Hall–Kier alpha value is -2.11. The fourth-order valence-corrected chi connectivity index (χ4v) is 4.84. The lowest BCUT2D eigenvalue weighted by molar-refractivity contribution is -0.384. The molecule has 2 bridgehead atoms. The van der Waals surface area contributed by atoms with Crippen LogP contribution in [-0.2, 0) is 4.79 Å². The van der Waals surface area contributed by atoms with Crippen molar-refractivity contribution >= 4 is 17.3 Å². The van der Waals surface area contributed by atoms with Gasteiger partial charge < -0.3 is 9.80 Å². The molecule has 1 aliphatic heterocycles. The SMILES string of the molecule is O=C([C@H]1C[C@H]2CC[C@H]1C2)N1CCN(c2ccccc2[N+](=O)[O-])CC1. The van der Waals surface area contributed by atoms with E-state index in [9.17, 15) is 14.9 Å². The van der Waals surface area contributed by atoms with Crippen molar-refractivity contribution in [3.05, 3.63) is 34.4 Å². The highest BCUT2D eigenvalue weighted by Crippen LogP contribution is 2.49. The molecule has 6 nitrogen and oxygen atoms in total. The highest BCUT2D eigenvalue weighted by molar-refractivity contribution is 5.80. The van der Waals surface area contributed by atoms with Crippen molar-refractivity contribution in [3.63, 3.8) is 0 Å². The second-order valence-corrected chi connectivity index (χ2v) is 7.34. The van der Waals surface area contributed by atoms with Gasteiger partial charge in [-0.1, -0.05) is 18.6 Å². The molecule has 1 amide bonds. The van der Waals surface area contributed by atoms with E-state index in [4.69, 9.17) is 0 Å². The number of hydrogen-bond donors (Lipinski definition) is 0. The Morgan fingerprint density at radius 3 is 2.46 bits per heavy atom. The number of amides is 1. The van der Waals surface area contributed by atoms with Crippen LogP contribution in [0.5, 0.6) is 0 Å². The van der Waals surface area contributed by atoms with Crippen LogP contribution in [0.25, 0.3) is 0 Å². The summed E-state index contributed by atoms with van der Waals surface area (Å²) >= 11 is 0. The zero-order valence-electron chi connectivity index (χ0n) is 13.8. The zero-order chi connectivity index (χ0) is 16.7. The molecule has 3 atom stereocenters. The maximum Gasteiger partial charge on any atom is 0.292 e. The number of para-hydroxylation sites is 2. The van der Waals surface area contributed by atoms with Gasteiger partial charge in [0.25, 0.3) is 5.69 Å². The van der Waals surface area contributed by atoms with Gasteiger partial charge in [-0.2, -0.15) is 0 Å². The third-order valence-electron chi connectivity index (χ3n) is 6.07. The molecule has 0 radical (unpaired) electrons. The van der Waals surface area contributed by atoms with Crippen LogP contribution < -0.4 is 4.90 Å². The molecule has 0 N–H and O–H groups in total. The Morgan fingerprint density at radius 1 is 1.08 bits per heavy atom. The lowest BCUT2D eigenvalue weighted by Gasteiger charge is -2.38. The van der Waals surface area contributed by atoms with Gasteiger partial charge in [-0.3, -0.25) is 14.9 Å². The maximum absolute atomic E-state index is 12.8. The first-order valence-corrected chi connectivity index (χ1v) is 8.90. The lowest BCUT2D eigenvalue weighted by atomic mass is 9.87. The Bertz CT molecular complexity index is 655. The molecule has 3 fully saturated rings. The Labute approximate surface area is 141 Å². The third-order valence-corrected chi connectivity index (χ3v) is 6.07.